The minimum atomic E-state index is -0.851. The van der Waals surface area contributed by atoms with Gasteiger partial charge in [0.1, 0.15) is 12.1 Å². The second-order valence-electron chi connectivity index (χ2n) is 14.4. The van der Waals surface area contributed by atoms with E-state index in [2.05, 4.69) is 46.7 Å². The summed E-state index contributed by atoms with van der Waals surface area (Å²) in [6.45, 7) is 12.6. The average Bonchev–Trinajstić information content (AvgIpc) is 3.75. The molecule has 0 spiro atoms. The van der Waals surface area contributed by atoms with Gasteiger partial charge in [0.15, 0.2) is 5.82 Å². The number of carbonyl (C=O) groups excluding carboxylic acids is 3. The van der Waals surface area contributed by atoms with E-state index in [1.54, 1.807) is 4.90 Å². The van der Waals surface area contributed by atoms with Gasteiger partial charge in [-0.2, -0.15) is 0 Å². The van der Waals surface area contributed by atoms with Gasteiger partial charge in [-0.1, -0.05) is 57.2 Å². The summed E-state index contributed by atoms with van der Waals surface area (Å²) in [5.41, 5.74) is 4.19. The zero-order valence-electron chi connectivity index (χ0n) is 28.9. The first-order valence-electron chi connectivity index (χ1n) is 16.4. The van der Waals surface area contributed by atoms with Crippen molar-refractivity contribution in [3.05, 3.63) is 88.4 Å². The Balaban J connectivity index is 1.35. The van der Waals surface area contributed by atoms with Gasteiger partial charge >= 0.3 is 0 Å². The highest BCUT2D eigenvalue weighted by Gasteiger charge is 2.39. The summed E-state index contributed by atoms with van der Waals surface area (Å²) in [5.74, 6) is -0.130. The van der Waals surface area contributed by atoms with Crippen LogP contribution in [0.15, 0.2) is 73.1 Å². The van der Waals surface area contributed by atoms with Crippen molar-refractivity contribution in [1.82, 2.24) is 25.5 Å². The number of aromatic nitrogens is 2. The standard InChI is InChI=1S/C38H46N6O3S/c1-37(2,3)32-19-18-31(48-32)35(46)42-29(36(47)44-20-8-9-30(44)34(45)43-38(4,5)6)21-24-10-12-26(13-11-24)33-40-22-27(23-41-33)25-14-16-28(39-7)17-15-25/h10-19,22-23,29-30,39H,8-9,20-21H2,1-7H3,(H,42,46)(H,43,45)/t29-,30-/m0/s1. The van der Waals surface area contributed by atoms with Gasteiger partial charge in [0.25, 0.3) is 5.91 Å². The van der Waals surface area contributed by atoms with Crippen molar-refractivity contribution >= 4 is 34.7 Å². The van der Waals surface area contributed by atoms with Crippen LogP contribution in [0.5, 0.6) is 0 Å². The molecule has 1 aliphatic heterocycles. The van der Waals surface area contributed by atoms with Crippen LogP contribution in [-0.4, -0.2) is 63.8 Å². The first-order chi connectivity index (χ1) is 22.7. The smallest absolute Gasteiger partial charge is 0.262 e. The van der Waals surface area contributed by atoms with E-state index < -0.39 is 17.6 Å². The van der Waals surface area contributed by atoms with Crippen LogP contribution in [0.4, 0.5) is 5.69 Å². The van der Waals surface area contributed by atoms with Crippen LogP contribution >= 0.6 is 11.3 Å². The van der Waals surface area contributed by atoms with Crippen LogP contribution in [0.25, 0.3) is 22.5 Å². The van der Waals surface area contributed by atoms with E-state index in [0.29, 0.717) is 23.7 Å². The fourth-order valence-corrected chi connectivity index (χ4v) is 6.70. The van der Waals surface area contributed by atoms with Gasteiger partial charge in [-0.15, -0.1) is 11.3 Å². The number of benzene rings is 2. The summed E-state index contributed by atoms with van der Waals surface area (Å²) in [6.07, 6.45) is 5.21. The minimum absolute atomic E-state index is 0.0919. The first kappa shape index (κ1) is 34.8. The molecule has 1 fully saturated rings. The third-order valence-electron chi connectivity index (χ3n) is 8.32. The maximum Gasteiger partial charge on any atom is 0.262 e. The third-order valence-corrected chi connectivity index (χ3v) is 9.83. The number of hydrogen-bond donors (Lipinski definition) is 3. The molecule has 252 valence electrons. The molecule has 1 saturated heterocycles. The molecule has 3 N–H and O–H groups in total. The monoisotopic (exact) mass is 666 g/mol. The molecule has 9 nitrogen and oxygen atoms in total. The van der Waals surface area contributed by atoms with Crippen molar-refractivity contribution in [3.63, 3.8) is 0 Å². The van der Waals surface area contributed by atoms with Crippen molar-refractivity contribution in [2.24, 2.45) is 0 Å². The van der Waals surface area contributed by atoms with Gasteiger partial charge in [-0.25, -0.2) is 9.97 Å². The Hall–Kier alpha value is -4.57. The van der Waals surface area contributed by atoms with Crippen LogP contribution in [0.1, 0.15) is 74.5 Å². The molecular weight excluding hydrogens is 621 g/mol. The second kappa shape index (κ2) is 14.3. The Kier molecular flexibility index (Phi) is 10.3. The summed E-state index contributed by atoms with van der Waals surface area (Å²) in [6, 6.07) is 18.2. The van der Waals surface area contributed by atoms with E-state index in [1.165, 1.54) is 11.3 Å². The summed E-state index contributed by atoms with van der Waals surface area (Å²) in [7, 11) is 1.89. The lowest BCUT2D eigenvalue weighted by Crippen LogP contribution is -2.56. The lowest BCUT2D eigenvalue weighted by atomic mass is 9.95. The van der Waals surface area contributed by atoms with Gasteiger partial charge < -0.3 is 20.9 Å². The Morgan fingerprint density at radius 3 is 2.10 bits per heavy atom. The number of likely N-dealkylation sites (tertiary alicyclic amines) is 1. The van der Waals surface area contributed by atoms with Gasteiger partial charge in [0.2, 0.25) is 11.8 Å². The Labute approximate surface area is 287 Å². The summed E-state index contributed by atoms with van der Waals surface area (Å²) in [4.78, 5) is 53.4. The Morgan fingerprint density at radius 1 is 0.875 bits per heavy atom. The number of nitrogens with one attached hydrogen (secondary N) is 3. The first-order valence-corrected chi connectivity index (χ1v) is 17.3. The zero-order chi connectivity index (χ0) is 34.6. The largest absolute Gasteiger partial charge is 0.388 e. The fourth-order valence-electron chi connectivity index (χ4n) is 5.73. The van der Waals surface area contributed by atoms with Crippen molar-refractivity contribution in [3.8, 4) is 22.5 Å². The molecule has 2 aromatic heterocycles. The molecule has 3 heterocycles. The third kappa shape index (κ3) is 8.47. The quantitative estimate of drug-likeness (QED) is 0.189. The minimum Gasteiger partial charge on any atom is -0.388 e. The van der Waals surface area contributed by atoms with Crippen LogP contribution in [0.3, 0.4) is 0 Å². The number of rotatable bonds is 9. The predicted octanol–water partition coefficient (Wildman–Crippen LogP) is 6.46. The number of amides is 3. The second-order valence-corrected chi connectivity index (χ2v) is 15.5. The fraction of sp³-hybridized carbons (Fsp3) is 0.395. The summed E-state index contributed by atoms with van der Waals surface area (Å²) >= 11 is 1.43. The van der Waals surface area contributed by atoms with Crippen molar-refractivity contribution in [2.45, 2.75) is 83.8 Å². The maximum absolute atomic E-state index is 14.1. The number of anilines is 1. The molecule has 0 saturated carbocycles. The van der Waals surface area contributed by atoms with E-state index in [-0.39, 0.29) is 29.6 Å². The highest BCUT2D eigenvalue weighted by molar-refractivity contribution is 7.14. The molecule has 4 aromatic rings. The van der Waals surface area contributed by atoms with E-state index in [1.807, 2.05) is 101 Å². The lowest BCUT2D eigenvalue weighted by Gasteiger charge is -2.31. The molecule has 0 aliphatic carbocycles. The topological polar surface area (TPSA) is 116 Å². The van der Waals surface area contributed by atoms with Crippen LogP contribution in [0.2, 0.25) is 0 Å². The molecule has 0 unspecified atom stereocenters. The Bertz CT molecular complexity index is 1740. The van der Waals surface area contributed by atoms with E-state index >= 15 is 0 Å². The molecule has 48 heavy (non-hydrogen) atoms. The van der Waals surface area contributed by atoms with E-state index in [4.69, 9.17) is 0 Å². The number of hydrogen-bond acceptors (Lipinski definition) is 7. The van der Waals surface area contributed by atoms with E-state index in [0.717, 1.165) is 39.2 Å². The van der Waals surface area contributed by atoms with Gasteiger partial charge in [-0.3, -0.25) is 14.4 Å². The zero-order valence-corrected chi connectivity index (χ0v) is 29.7. The van der Waals surface area contributed by atoms with Crippen LogP contribution in [0, 0.1) is 0 Å². The molecule has 0 bridgehead atoms. The van der Waals surface area contributed by atoms with Gasteiger partial charge in [0.05, 0.1) is 4.88 Å². The SMILES string of the molecule is CNc1ccc(-c2cnc(-c3ccc(C[C@H](NC(=O)c4ccc(C(C)(C)C)s4)C(=O)N4CCC[C@H]4C(=O)NC(C)(C)C)cc3)nc2)cc1. The molecule has 0 radical (unpaired) electrons. The van der Waals surface area contributed by atoms with E-state index in [9.17, 15) is 14.4 Å². The average molecular weight is 667 g/mol. The summed E-state index contributed by atoms with van der Waals surface area (Å²) in [5, 5.41) is 9.17. The number of carbonyl (C=O) groups is 3. The molecule has 2 aromatic carbocycles. The van der Waals surface area contributed by atoms with Crippen LogP contribution in [-0.2, 0) is 21.4 Å². The highest BCUT2D eigenvalue weighted by Crippen LogP contribution is 2.30. The van der Waals surface area contributed by atoms with Gasteiger partial charge in [0, 0.05) is 59.6 Å². The van der Waals surface area contributed by atoms with Crippen molar-refractivity contribution in [2.75, 3.05) is 18.9 Å². The highest BCUT2D eigenvalue weighted by atomic mass is 32.1. The van der Waals surface area contributed by atoms with Crippen molar-refractivity contribution in [1.29, 1.82) is 0 Å². The normalized spacial score (nSPS) is 15.6. The molecule has 2 atom stereocenters. The van der Waals surface area contributed by atoms with Gasteiger partial charge in [-0.05, 0) is 74.4 Å². The molecule has 3 amide bonds. The summed E-state index contributed by atoms with van der Waals surface area (Å²) < 4.78 is 0. The lowest BCUT2D eigenvalue weighted by molar-refractivity contribution is -0.140. The van der Waals surface area contributed by atoms with Crippen LogP contribution < -0.4 is 16.0 Å². The molecule has 5 rings (SSSR count). The van der Waals surface area contributed by atoms with Crippen molar-refractivity contribution < 1.29 is 14.4 Å². The number of thiophene rings is 1. The maximum atomic E-state index is 14.1. The molecule has 10 heteroatoms. The predicted molar refractivity (Wildman–Crippen MR) is 193 cm³/mol. The molecule has 1 aliphatic rings. The number of nitrogens with zero attached hydrogens (tertiary/aromatic N) is 3. The Morgan fingerprint density at radius 2 is 1.52 bits per heavy atom. The molecular formula is C38H46N6O3S.